The molecule has 146 valence electrons. The molecule has 1 atom stereocenters. The van der Waals surface area contributed by atoms with E-state index in [1.165, 1.54) is 17.4 Å². The Morgan fingerprint density at radius 1 is 1.23 bits per heavy atom. The van der Waals surface area contributed by atoms with Crippen LogP contribution in [0.25, 0.3) is 0 Å². The number of nitrogens with zero attached hydrogens (tertiary/aromatic N) is 1. The Labute approximate surface area is 157 Å². The number of alkyl carbamates (subject to hydrolysis) is 1. The van der Waals surface area contributed by atoms with Gasteiger partial charge in [-0.2, -0.15) is 4.31 Å². The van der Waals surface area contributed by atoms with Crippen molar-refractivity contribution >= 4 is 16.1 Å². The van der Waals surface area contributed by atoms with Crippen LogP contribution in [-0.4, -0.2) is 37.5 Å². The van der Waals surface area contributed by atoms with Crippen molar-refractivity contribution in [2.24, 2.45) is 5.92 Å². The largest absolute Gasteiger partial charge is 0.444 e. The van der Waals surface area contributed by atoms with Gasteiger partial charge in [-0.1, -0.05) is 44.2 Å². The van der Waals surface area contributed by atoms with Crippen LogP contribution in [-0.2, 0) is 21.3 Å². The number of carbonyl (C=O) groups is 1. The van der Waals surface area contributed by atoms with Crippen molar-refractivity contribution in [1.82, 2.24) is 9.62 Å². The number of rotatable bonds is 7. The Morgan fingerprint density at radius 2 is 1.81 bits per heavy atom. The van der Waals surface area contributed by atoms with E-state index in [0.717, 1.165) is 11.0 Å². The molecule has 1 amide bonds. The Bertz CT molecular complexity index is 707. The smallest absolute Gasteiger partial charge is 0.408 e. The lowest BCUT2D eigenvalue weighted by Gasteiger charge is -2.24. The van der Waals surface area contributed by atoms with Crippen molar-refractivity contribution in [1.29, 1.82) is 0 Å². The van der Waals surface area contributed by atoms with Gasteiger partial charge in [-0.15, -0.1) is 0 Å². The molecular weight excluding hydrogens is 352 g/mol. The third kappa shape index (κ3) is 8.01. The van der Waals surface area contributed by atoms with Gasteiger partial charge in [0.1, 0.15) is 5.60 Å². The van der Waals surface area contributed by atoms with Crippen molar-refractivity contribution in [3.8, 4) is 0 Å². The van der Waals surface area contributed by atoms with Crippen LogP contribution in [0.5, 0.6) is 0 Å². The average molecular weight is 383 g/mol. The van der Waals surface area contributed by atoms with Crippen LogP contribution in [0.15, 0.2) is 41.8 Å². The Hall–Kier alpha value is -1.86. The molecule has 0 unspecified atom stereocenters. The summed E-state index contributed by atoms with van der Waals surface area (Å²) in [6, 6.07) is 8.90. The highest BCUT2D eigenvalue weighted by atomic mass is 32.2. The van der Waals surface area contributed by atoms with Gasteiger partial charge in [0.25, 0.3) is 0 Å². The zero-order valence-corrected chi connectivity index (χ0v) is 17.2. The summed E-state index contributed by atoms with van der Waals surface area (Å²) in [6.07, 6.45) is 0.918. The van der Waals surface area contributed by atoms with Gasteiger partial charge in [0, 0.05) is 19.0 Å². The second-order valence-electron chi connectivity index (χ2n) is 7.53. The van der Waals surface area contributed by atoms with E-state index in [2.05, 4.69) is 5.32 Å². The summed E-state index contributed by atoms with van der Waals surface area (Å²) in [4.78, 5) is 11.9. The van der Waals surface area contributed by atoms with E-state index in [9.17, 15) is 13.2 Å². The lowest BCUT2D eigenvalue weighted by molar-refractivity contribution is 0.0504. The van der Waals surface area contributed by atoms with Crippen LogP contribution < -0.4 is 5.32 Å². The van der Waals surface area contributed by atoms with Gasteiger partial charge < -0.3 is 10.1 Å². The number of nitrogens with one attached hydrogen (secondary N) is 1. The summed E-state index contributed by atoms with van der Waals surface area (Å²) in [5.74, 6) is 0.00778. The van der Waals surface area contributed by atoms with E-state index in [4.69, 9.17) is 4.74 Å². The third-order valence-corrected chi connectivity index (χ3v) is 5.04. The van der Waals surface area contributed by atoms with Gasteiger partial charge in [0.2, 0.25) is 10.0 Å². The van der Waals surface area contributed by atoms with Gasteiger partial charge in [-0.05, 0) is 38.3 Å². The van der Waals surface area contributed by atoms with Crippen LogP contribution in [0.1, 0.15) is 40.2 Å². The predicted molar refractivity (Wildman–Crippen MR) is 104 cm³/mol. The number of hydrogen-bond acceptors (Lipinski definition) is 4. The topological polar surface area (TPSA) is 75.7 Å². The van der Waals surface area contributed by atoms with E-state index in [1.807, 2.05) is 44.2 Å². The molecule has 0 fully saturated rings. The third-order valence-electron chi connectivity index (χ3n) is 3.54. The quantitative estimate of drug-likeness (QED) is 0.783. The maximum atomic E-state index is 12.5. The molecule has 0 saturated carbocycles. The van der Waals surface area contributed by atoms with E-state index in [-0.39, 0.29) is 12.5 Å². The van der Waals surface area contributed by atoms with Crippen molar-refractivity contribution in [2.75, 3.05) is 7.05 Å². The molecule has 0 aromatic heterocycles. The van der Waals surface area contributed by atoms with Crippen molar-refractivity contribution in [3.63, 3.8) is 0 Å². The molecule has 26 heavy (non-hydrogen) atoms. The lowest BCUT2D eigenvalue weighted by Crippen LogP contribution is -2.41. The minimum atomic E-state index is -3.60. The van der Waals surface area contributed by atoms with Crippen LogP contribution in [0.3, 0.4) is 0 Å². The number of carbonyl (C=O) groups excluding carboxylic acids is 1. The van der Waals surface area contributed by atoms with E-state index < -0.39 is 27.8 Å². The summed E-state index contributed by atoms with van der Waals surface area (Å²) < 4.78 is 31.4. The fourth-order valence-electron chi connectivity index (χ4n) is 2.10. The molecule has 6 nitrogen and oxygen atoms in total. The monoisotopic (exact) mass is 382 g/mol. The molecule has 0 aliphatic rings. The van der Waals surface area contributed by atoms with Crippen LogP contribution >= 0.6 is 0 Å². The fraction of sp³-hybridized carbons (Fsp3) is 0.526. The van der Waals surface area contributed by atoms with Crippen LogP contribution in [0.2, 0.25) is 0 Å². The first-order valence-electron chi connectivity index (χ1n) is 8.59. The molecule has 1 N–H and O–H groups in total. The minimum absolute atomic E-state index is 0.00778. The van der Waals surface area contributed by atoms with E-state index in [0.29, 0.717) is 0 Å². The predicted octanol–water partition coefficient (Wildman–Crippen LogP) is 3.51. The van der Waals surface area contributed by atoms with E-state index >= 15 is 0 Å². The highest BCUT2D eigenvalue weighted by molar-refractivity contribution is 7.92. The van der Waals surface area contributed by atoms with Crippen molar-refractivity contribution in [3.05, 3.63) is 47.4 Å². The van der Waals surface area contributed by atoms with Gasteiger partial charge in [0.15, 0.2) is 0 Å². The lowest BCUT2D eigenvalue weighted by atomic mass is 10.1. The zero-order chi connectivity index (χ0) is 20.0. The summed E-state index contributed by atoms with van der Waals surface area (Å²) in [5.41, 5.74) is 0.288. The second kappa shape index (κ2) is 9.19. The van der Waals surface area contributed by atoms with Crippen LogP contribution in [0, 0.1) is 5.92 Å². The molecule has 1 aromatic rings. The molecule has 0 heterocycles. The second-order valence-corrected chi connectivity index (χ2v) is 9.46. The average Bonchev–Trinajstić information content (AvgIpc) is 2.50. The van der Waals surface area contributed by atoms with Gasteiger partial charge in [-0.25, -0.2) is 13.2 Å². The highest BCUT2D eigenvalue weighted by Gasteiger charge is 2.21. The molecule has 7 heteroatoms. The minimum Gasteiger partial charge on any atom is -0.444 e. The molecular formula is C19H30N2O4S. The molecule has 0 saturated heterocycles. The van der Waals surface area contributed by atoms with Gasteiger partial charge in [-0.3, -0.25) is 0 Å². The molecule has 1 rings (SSSR count). The SMILES string of the molecule is CC(C)[C@@H](/C=C/S(=O)(=O)N(C)Cc1ccccc1)NC(=O)OC(C)(C)C. The first-order chi connectivity index (χ1) is 11.9. The summed E-state index contributed by atoms with van der Waals surface area (Å²) >= 11 is 0. The summed E-state index contributed by atoms with van der Waals surface area (Å²) in [7, 11) is -2.07. The number of benzene rings is 1. The Kier molecular flexibility index (Phi) is 7.84. The molecule has 0 bridgehead atoms. The first-order valence-corrected chi connectivity index (χ1v) is 10.1. The molecule has 0 aliphatic heterocycles. The van der Waals surface area contributed by atoms with Crippen molar-refractivity contribution in [2.45, 2.75) is 52.8 Å². The summed E-state index contributed by atoms with van der Waals surface area (Å²) in [6.45, 7) is 9.39. The standard InChI is InChI=1S/C19H30N2O4S/c1-15(2)17(20-18(22)25-19(3,4)5)12-13-26(23,24)21(6)14-16-10-8-7-9-11-16/h7-13,15,17H,14H2,1-6H3,(H,20,22)/b13-12+/t17-/m1/s1. The van der Waals surface area contributed by atoms with Crippen molar-refractivity contribution < 1.29 is 17.9 Å². The highest BCUT2D eigenvalue weighted by Crippen LogP contribution is 2.12. The molecule has 1 aromatic carbocycles. The summed E-state index contributed by atoms with van der Waals surface area (Å²) in [5, 5.41) is 3.84. The molecule has 0 spiro atoms. The van der Waals surface area contributed by atoms with Gasteiger partial charge in [0.05, 0.1) is 6.04 Å². The first kappa shape index (κ1) is 22.2. The molecule has 0 aliphatic carbocycles. The van der Waals surface area contributed by atoms with Crippen LogP contribution in [0.4, 0.5) is 4.79 Å². The Balaban J connectivity index is 2.79. The number of sulfonamides is 1. The molecule has 0 radical (unpaired) electrons. The number of ether oxygens (including phenoxy) is 1. The number of amides is 1. The van der Waals surface area contributed by atoms with E-state index in [1.54, 1.807) is 20.8 Å². The maximum Gasteiger partial charge on any atom is 0.408 e. The maximum absolute atomic E-state index is 12.5. The fourth-order valence-corrected chi connectivity index (χ4v) is 3.00. The zero-order valence-electron chi connectivity index (χ0n) is 16.4. The number of hydrogen-bond donors (Lipinski definition) is 1. The Morgan fingerprint density at radius 3 is 2.31 bits per heavy atom. The normalized spacial score (nSPS) is 14.0. The van der Waals surface area contributed by atoms with Gasteiger partial charge >= 0.3 is 6.09 Å².